The van der Waals surface area contributed by atoms with Gasteiger partial charge in [-0.25, -0.2) is 0 Å². The summed E-state index contributed by atoms with van der Waals surface area (Å²) in [5.74, 6) is 3.04. The van der Waals surface area contributed by atoms with Crippen LogP contribution >= 0.6 is 0 Å². The highest BCUT2D eigenvalue weighted by Crippen LogP contribution is 2.54. The molecule has 2 aliphatic rings. The molecule has 1 N–H and O–H groups in total. The van der Waals surface area contributed by atoms with Gasteiger partial charge in [0.05, 0.1) is 0 Å². The summed E-state index contributed by atoms with van der Waals surface area (Å²) in [5, 5.41) is 11.0. The molecule has 0 bridgehead atoms. The van der Waals surface area contributed by atoms with E-state index in [-0.39, 0.29) is 11.5 Å². The molecule has 0 amide bonds. The smallest absolute Gasteiger partial charge is 0.127 e. The van der Waals surface area contributed by atoms with Crippen LogP contribution in [0.4, 0.5) is 0 Å². The van der Waals surface area contributed by atoms with E-state index >= 15 is 0 Å². The number of hydrogen-bond donors (Lipinski definition) is 1. The van der Waals surface area contributed by atoms with Crippen molar-refractivity contribution in [3.05, 3.63) is 34.9 Å². The molecule has 1 aromatic carbocycles. The van der Waals surface area contributed by atoms with Gasteiger partial charge in [-0.05, 0) is 63.1 Å². The SMILES string of the molecule is CCCCCC(C)C(C)c1cc(O)c2c(c1)OC(C)(C)[C@@H]1CCC(C)=C[C@@H]21. The molecule has 2 unspecified atom stereocenters. The molecule has 0 spiro atoms. The highest BCUT2D eigenvalue weighted by molar-refractivity contribution is 5.54. The second-order valence-electron chi connectivity index (χ2n) is 9.60. The van der Waals surface area contributed by atoms with Crippen molar-refractivity contribution in [2.24, 2.45) is 11.8 Å². The fraction of sp³-hybridized carbons (Fsp3) is 0.680. The molecule has 1 aliphatic carbocycles. The summed E-state index contributed by atoms with van der Waals surface area (Å²) >= 11 is 0. The molecule has 1 heterocycles. The van der Waals surface area contributed by atoms with Crippen LogP contribution < -0.4 is 4.74 Å². The third-order valence-electron chi connectivity index (χ3n) is 7.13. The largest absolute Gasteiger partial charge is 0.507 e. The van der Waals surface area contributed by atoms with Crippen LogP contribution in [0.25, 0.3) is 0 Å². The quantitative estimate of drug-likeness (QED) is 0.420. The zero-order chi connectivity index (χ0) is 19.8. The minimum absolute atomic E-state index is 0.199. The van der Waals surface area contributed by atoms with Crippen LogP contribution in [0.15, 0.2) is 23.8 Å². The van der Waals surface area contributed by atoms with E-state index in [1.165, 1.54) is 36.8 Å². The first-order chi connectivity index (χ1) is 12.7. The van der Waals surface area contributed by atoms with Gasteiger partial charge in [-0.3, -0.25) is 0 Å². The second-order valence-corrected chi connectivity index (χ2v) is 9.60. The summed E-state index contributed by atoms with van der Waals surface area (Å²) in [7, 11) is 0. The Kier molecular flexibility index (Phi) is 5.93. The van der Waals surface area contributed by atoms with Gasteiger partial charge >= 0.3 is 0 Å². The van der Waals surface area contributed by atoms with Crippen molar-refractivity contribution in [3.8, 4) is 11.5 Å². The molecule has 2 nitrogen and oxygen atoms in total. The number of rotatable bonds is 6. The van der Waals surface area contributed by atoms with Crippen molar-refractivity contribution in [1.29, 1.82) is 0 Å². The minimum Gasteiger partial charge on any atom is -0.507 e. The molecule has 0 fully saturated rings. The van der Waals surface area contributed by atoms with Gasteiger partial charge in [-0.2, -0.15) is 0 Å². The molecular weight excluding hydrogens is 332 g/mol. The summed E-state index contributed by atoms with van der Waals surface area (Å²) in [4.78, 5) is 0. The van der Waals surface area contributed by atoms with Crippen LogP contribution in [0.1, 0.15) is 103 Å². The highest BCUT2D eigenvalue weighted by atomic mass is 16.5. The average Bonchev–Trinajstić information content (AvgIpc) is 2.59. The van der Waals surface area contributed by atoms with Gasteiger partial charge in [-0.15, -0.1) is 0 Å². The number of aromatic hydroxyl groups is 1. The lowest BCUT2D eigenvalue weighted by atomic mass is 9.67. The molecular formula is C25H38O2. The second kappa shape index (κ2) is 7.89. The first kappa shape index (κ1) is 20.3. The lowest BCUT2D eigenvalue weighted by molar-refractivity contribution is 0.0107. The number of phenolic OH excluding ortho intramolecular Hbond substituents is 1. The highest BCUT2D eigenvalue weighted by Gasteiger charge is 2.45. The van der Waals surface area contributed by atoms with Crippen LogP contribution in [0.2, 0.25) is 0 Å². The molecule has 0 saturated carbocycles. The maximum absolute atomic E-state index is 11.0. The zero-order valence-corrected chi connectivity index (χ0v) is 18.1. The maximum atomic E-state index is 11.0. The minimum atomic E-state index is -0.199. The summed E-state index contributed by atoms with van der Waals surface area (Å²) < 4.78 is 6.48. The molecule has 0 aromatic heterocycles. The molecule has 1 aromatic rings. The molecule has 0 saturated heterocycles. The Morgan fingerprint density at radius 1 is 1.22 bits per heavy atom. The van der Waals surface area contributed by atoms with Gasteiger partial charge < -0.3 is 9.84 Å². The first-order valence-electron chi connectivity index (χ1n) is 11.0. The van der Waals surface area contributed by atoms with Gasteiger partial charge in [-0.1, -0.05) is 58.1 Å². The molecule has 1 aliphatic heterocycles. The third-order valence-corrected chi connectivity index (χ3v) is 7.13. The van der Waals surface area contributed by atoms with E-state index in [2.05, 4.69) is 53.7 Å². The summed E-state index contributed by atoms with van der Waals surface area (Å²) in [6, 6.07) is 4.22. The number of hydrogen-bond acceptors (Lipinski definition) is 2. The van der Waals surface area contributed by atoms with E-state index < -0.39 is 0 Å². The molecule has 3 rings (SSSR count). The van der Waals surface area contributed by atoms with E-state index in [9.17, 15) is 5.11 Å². The van der Waals surface area contributed by atoms with Crippen LogP contribution in [-0.2, 0) is 0 Å². The van der Waals surface area contributed by atoms with Gasteiger partial charge in [0.25, 0.3) is 0 Å². The lowest BCUT2D eigenvalue weighted by Gasteiger charge is -2.46. The van der Waals surface area contributed by atoms with Crippen molar-refractivity contribution in [2.45, 2.75) is 97.5 Å². The normalized spacial score (nSPS) is 25.6. The average molecular weight is 371 g/mol. The molecule has 2 heteroatoms. The Hall–Kier alpha value is -1.44. The topological polar surface area (TPSA) is 29.5 Å². The summed E-state index contributed by atoms with van der Waals surface area (Å²) in [5.41, 5.74) is 3.45. The van der Waals surface area contributed by atoms with Crippen molar-refractivity contribution in [1.82, 2.24) is 0 Å². The molecule has 27 heavy (non-hydrogen) atoms. The van der Waals surface area contributed by atoms with E-state index in [1.807, 2.05) is 6.07 Å². The van der Waals surface area contributed by atoms with E-state index in [0.717, 1.165) is 24.2 Å². The Morgan fingerprint density at radius 2 is 1.96 bits per heavy atom. The maximum Gasteiger partial charge on any atom is 0.127 e. The van der Waals surface area contributed by atoms with E-state index in [1.54, 1.807) is 0 Å². The number of benzene rings is 1. The zero-order valence-electron chi connectivity index (χ0n) is 18.1. The molecule has 150 valence electrons. The van der Waals surface area contributed by atoms with Crippen LogP contribution in [0.3, 0.4) is 0 Å². The predicted molar refractivity (Wildman–Crippen MR) is 114 cm³/mol. The fourth-order valence-corrected chi connectivity index (χ4v) is 5.10. The fourth-order valence-electron chi connectivity index (χ4n) is 5.10. The van der Waals surface area contributed by atoms with Crippen LogP contribution in [-0.4, -0.2) is 10.7 Å². The lowest BCUT2D eigenvalue weighted by Crippen LogP contribution is -2.45. The Balaban J connectivity index is 1.93. The van der Waals surface area contributed by atoms with E-state index in [4.69, 9.17) is 4.74 Å². The van der Waals surface area contributed by atoms with Crippen LogP contribution in [0, 0.1) is 11.8 Å². The van der Waals surface area contributed by atoms with Gasteiger partial charge in [0, 0.05) is 17.4 Å². The van der Waals surface area contributed by atoms with Gasteiger partial charge in [0.2, 0.25) is 0 Å². The van der Waals surface area contributed by atoms with Crippen molar-refractivity contribution in [3.63, 3.8) is 0 Å². The molecule has 0 radical (unpaired) electrons. The summed E-state index contributed by atoms with van der Waals surface area (Å²) in [6.45, 7) is 13.5. The predicted octanol–water partition coefficient (Wildman–Crippen LogP) is 7.32. The Labute approximate surface area is 166 Å². The number of ether oxygens (including phenoxy) is 1. The van der Waals surface area contributed by atoms with Gasteiger partial charge in [0.1, 0.15) is 17.1 Å². The Morgan fingerprint density at radius 3 is 2.67 bits per heavy atom. The van der Waals surface area contributed by atoms with Crippen LogP contribution in [0.5, 0.6) is 11.5 Å². The third kappa shape index (κ3) is 4.05. The van der Waals surface area contributed by atoms with Crippen molar-refractivity contribution in [2.75, 3.05) is 0 Å². The number of unbranched alkanes of at least 4 members (excludes halogenated alkanes) is 2. The Bertz CT molecular complexity index is 701. The standard InChI is InChI=1S/C25H38O2/c1-7-8-9-10-17(3)18(4)19-14-22(26)24-20-13-16(2)11-12-21(20)25(5,6)27-23(24)15-19/h13-15,17-18,20-21,26H,7-12H2,1-6H3/t17?,18?,20-,21-/m1/s1. The van der Waals surface area contributed by atoms with E-state index in [0.29, 0.717) is 23.5 Å². The summed E-state index contributed by atoms with van der Waals surface area (Å²) in [6.07, 6.45) is 9.73. The van der Waals surface area contributed by atoms with Gasteiger partial charge in [0.15, 0.2) is 0 Å². The number of fused-ring (bicyclic) bond motifs is 3. The first-order valence-corrected chi connectivity index (χ1v) is 11.0. The number of phenols is 1. The number of allylic oxidation sites excluding steroid dienone is 2. The van der Waals surface area contributed by atoms with Crippen molar-refractivity contribution >= 4 is 0 Å². The van der Waals surface area contributed by atoms with Crippen molar-refractivity contribution < 1.29 is 9.84 Å². The molecule has 4 atom stereocenters. The monoisotopic (exact) mass is 370 g/mol.